The highest BCUT2D eigenvalue weighted by Crippen LogP contribution is 2.27. The molecule has 0 heterocycles. The van der Waals surface area contributed by atoms with E-state index in [0.717, 1.165) is 0 Å². The molecule has 2 rings (SSSR count). The normalized spacial score (nSPS) is 14.4. The minimum Gasteiger partial charge on any atom is -0.508 e. The largest absolute Gasteiger partial charge is 0.508 e. The van der Waals surface area contributed by atoms with Crippen LogP contribution in [0.1, 0.15) is 56.1 Å². The lowest BCUT2D eigenvalue weighted by Gasteiger charge is -2.19. The average molecular weight is 341 g/mol. The van der Waals surface area contributed by atoms with Crippen molar-refractivity contribution >= 4 is 13.3 Å². The Morgan fingerprint density at radius 2 is 1.17 bits per heavy atom. The van der Waals surface area contributed by atoms with Gasteiger partial charge in [-0.1, -0.05) is 81.5 Å². The van der Waals surface area contributed by atoms with Crippen LogP contribution in [0.25, 0.3) is 0 Å². The van der Waals surface area contributed by atoms with E-state index in [4.69, 9.17) is 0 Å². The maximum atomic E-state index is 9.39. The molecule has 2 atom stereocenters. The molecule has 0 saturated heterocycles. The van der Waals surface area contributed by atoms with Crippen molar-refractivity contribution in [1.82, 2.24) is 0 Å². The summed E-state index contributed by atoms with van der Waals surface area (Å²) in [6.45, 7) is 11.8. The summed E-state index contributed by atoms with van der Waals surface area (Å²) in [7, 11) is -1.19. The van der Waals surface area contributed by atoms with E-state index in [1.54, 1.807) is 17.3 Å². The lowest BCUT2D eigenvalue weighted by molar-refractivity contribution is 0.474. The average Bonchev–Trinajstić information content (AvgIpc) is 2.54. The molecule has 0 spiro atoms. The Morgan fingerprint density at radius 1 is 0.750 bits per heavy atom. The lowest BCUT2D eigenvalue weighted by atomic mass is 9.90. The highest BCUT2D eigenvalue weighted by molar-refractivity contribution is 6.88. The summed E-state index contributed by atoms with van der Waals surface area (Å²) in [5, 5.41) is 10.9. The minimum absolute atomic E-state index is 0.348. The monoisotopic (exact) mass is 340 g/mol. The van der Waals surface area contributed by atoms with Crippen LogP contribution >= 0.6 is 0 Å². The summed E-state index contributed by atoms with van der Waals surface area (Å²) >= 11 is 0. The van der Waals surface area contributed by atoms with Crippen molar-refractivity contribution in [3.8, 4) is 5.75 Å². The third-order valence-electron chi connectivity index (χ3n) is 5.08. The van der Waals surface area contributed by atoms with E-state index < -0.39 is 8.07 Å². The van der Waals surface area contributed by atoms with E-state index in [2.05, 4.69) is 57.8 Å². The maximum Gasteiger partial charge on any atom is 0.115 e. The van der Waals surface area contributed by atoms with E-state index >= 15 is 0 Å². The highest BCUT2D eigenvalue weighted by Gasteiger charge is 2.16. The van der Waals surface area contributed by atoms with Gasteiger partial charge in [-0.15, -0.1) is 0 Å². The van der Waals surface area contributed by atoms with E-state index in [1.807, 2.05) is 12.1 Å². The third kappa shape index (κ3) is 5.24. The second kappa shape index (κ2) is 8.02. The molecule has 0 aliphatic heterocycles. The molecule has 0 saturated carbocycles. The molecule has 1 N–H and O–H groups in total. The number of hydrogen-bond donors (Lipinski definition) is 1. The summed E-state index contributed by atoms with van der Waals surface area (Å²) in [4.78, 5) is 0. The summed E-state index contributed by atoms with van der Waals surface area (Å²) < 4.78 is 0. The molecule has 0 amide bonds. The standard InChI is InChI=1S/C22H32OSi/c1-17(19-9-13-21(23)14-10-19)7-6-8-18(2)20-11-15-22(16-12-20)24(3,4)5/h9-18,23H,6-8H2,1-5H3. The summed E-state index contributed by atoms with van der Waals surface area (Å²) in [5.41, 5.74) is 2.79. The second-order valence-corrected chi connectivity index (χ2v) is 13.3. The zero-order chi connectivity index (χ0) is 17.7. The first kappa shape index (κ1) is 18.8. The van der Waals surface area contributed by atoms with E-state index in [-0.39, 0.29) is 0 Å². The van der Waals surface area contributed by atoms with Gasteiger partial charge in [0.15, 0.2) is 0 Å². The molecule has 0 aliphatic rings. The molecule has 130 valence electrons. The van der Waals surface area contributed by atoms with Crippen LogP contribution in [-0.2, 0) is 0 Å². The predicted molar refractivity (Wildman–Crippen MR) is 108 cm³/mol. The van der Waals surface area contributed by atoms with Gasteiger partial charge < -0.3 is 5.11 Å². The second-order valence-electron chi connectivity index (χ2n) is 8.20. The molecular formula is C22H32OSi. The summed E-state index contributed by atoms with van der Waals surface area (Å²) in [6, 6.07) is 17.0. The van der Waals surface area contributed by atoms with Crippen LogP contribution in [0.15, 0.2) is 48.5 Å². The Labute approximate surface area is 148 Å². The van der Waals surface area contributed by atoms with Gasteiger partial charge in [0.1, 0.15) is 5.75 Å². The number of aromatic hydroxyl groups is 1. The van der Waals surface area contributed by atoms with Gasteiger partial charge in [-0.05, 0) is 47.9 Å². The van der Waals surface area contributed by atoms with Crippen molar-refractivity contribution in [2.75, 3.05) is 0 Å². The first-order chi connectivity index (χ1) is 11.3. The van der Waals surface area contributed by atoms with Gasteiger partial charge in [-0.3, -0.25) is 0 Å². The van der Waals surface area contributed by atoms with E-state index in [9.17, 15) is 5.11 Å². The van der Waals surface area contributed by atoms with Crippen LogP contribution in [-0.4, -0.2) is 13.2 Å². The van der Waals surface area contributed by atoms with Crippen LogP contribution in [0.5, 0.6) is 5.75 Å². The Morgan fingerprint density at radius 3 is 1.58 bits per heavy atom. The van der Waals surface area contributed by atoms with Gasteiger partial charge in [0, 0.05) is 0 Å². The van der Waals surface area contributed by atoms with Gasteiger partial charge in [0.25, 0.3) is 0 Å². The van der Waals surface area contributed by atoms with Crippen LogP contribution in [0.3, 0.4) is 0 Å². The third-order valence-corrected chi connectivity index (χ3v) is 7.15. The van der Waals surface area contributed by atoms with Gasteiger partial charge >= 0.3 is 0 Å². The molecule has 0 aliphatic carbocycles. The van der Waals surface area contributed by atoms with Crippen LogP contribution < -0.4 is 5.19 Å². The zero-order valence-corrected chi connectivity index (χ0v) is 16.8. The Kier molecular flexibility index (Phi) is 6.28. The molecule has 2 heteroatoms. The molecule has 2 aromatic carbocycles. The first-order valence-corrected chi connectivity index (χ1v) is 12.7. The number of phenols is 1. The molecule has 2 aromatic rings. The summed E-state index contributed by atoms with van der Waals surface area (Å²) in [5.74, 6) is 1.51. The topological polar surface area (TPSA) is 20.2 Å². The van der Waals surface area contributed by atoms with Gasteiger partial charge in [-0.2, -0.15) is 0 Å². The first-order valence-electron chi connectivity index (χ1n) is 9.16. The summed E-state index contributed by atoms with van der Waals surface area (Å²) in [6.07, 6.45) is 3.66. The molecule has 0 radical (unpaired) electrons. The van der Waals surface area contributed by atoms with Gasteiger partial charge in [0.2, 0.25) is 0 Å². The number of hydrogen-bond acceptors (Lipinski definition) is 1. The molecule has 1 nitrogen and oxygen atoms in total. The fraction of sp³-hybridized carbons (Fsp3) is 0.455. The number of rotatable bonds is 7. The Bertz CT molecular complexity index is 623. The van der Waals surface area contributed by atoms with Crippen molar-refractivity contribution in [2.45, 2.75) is 64.6 Å². The zero-order valence-electron chi connectivity index (χ0n) is 15.8. The van der Waals surface area contributed by atoms with Crippen molar-refractivity contribution in [1.29, 1.82) is 0 Å². The van der Waals surface area contributed by atoms with Crippen molar-refractivity contribution in [3.63, 3.8) is 0 Å². The molecular weight excluding hydrogens is 308 g/mol. The van der Waals surface area contributed by atoms with Crippen LogP contribution in [0.4, 0.5) is 0 Å². The predicted octanol–water partition coefficient (Wildman–Crippen LogP) is 6.01. The van der Waals surface area contributed by atoms with Crippen molar-refractivity contribution in [2.24, 2.45) is 0 Å². The quantitative estimate of drug-likeness (QED) is 0.611. The van der Waals surface area contributed by atoms with Crippen LogP contribution in [0, 0.1) is 0 Å². The van der Waals surface area contributed by atoms with Crippen molar-refractivity contribution in [3.05, 3.63) is 59.7 Å². The lowest BCUT2D eigenvalue weighted by Crippen LogP contribution is -2.37. The SMILES string of the molecule is CC(CCCC(C)c1ccc([Si](C)(C)C)cc1)c1ccc(O)cc1. The Balaban J connectivity index is 1.84. The van der Waals surface area contributed by atoms with E-state index in [1.165, 1.54) is 30.4 Å². The number of benzene rings is 2. The van der Waals surface area contributed by atoms with Gasteiger partial charge in [0.05, 0.1) is 8.07 Å². The fourth-order valence-corrected chi connectivity index (χ4v) is 4.34. The van der Waals surface area contributed by atoms with Crippen molar-refractivity contribution < 1.29 is 5.11 Å². The Hall–Kier alpha value is -1.54. The van der Waals surface area contributed by atoms with Gasteiger partial charge in [-0.25, -0.2) is 0 Å². The van der Waals surface area contributed by atoms with E-state index in [0.29, 0.717) is 17.6 Å². The molecule has 24 heavy (non-hydrogen) atoms. The maximum absolute atomic E-state index is 9.39. The highest BCUT2D eigenvalue weighted by atomic mass is 28.3. The smallest absolute Gasteiger partial charge is 0.115 e. The fourth-order valence-electron chi connectivity index (χ4n) is 3.18. The number of phenolic OH excluding ortho intramolecular Hbond substituents is 1. The van der Waals surface area contributed by atoms with Crippen LogP contribution in [0.2, 0.25) is 19.6 Å². The minimum atomic E-state index is -1.19. The molecule has 0 bridgehead atoms. The molecule has 0 aromatic heterocycles. The molecule has 2 unspecified atom stereocenters. The molecule has 0 fully saturated rings.